The molecular formula is C25H40IN3O3. The minimum Gasteiger partial charge on any atom is -0.490 e. The molecule has 32 heavy (non-hydrogen) atoms. The molecule has 3 aliphatic rings. The van der Waals surface area contributed by atoms with Crippen LogP contribution in [0.4, 0.5) is 0 Å². The van der Waals surface area contributed by atoms with E-state index >= 15 is 0 Å². The summed E-state index contributed by atoms with van der Waals surface area (Å²) in [6.45, 7) is 7.23. The third-order valence-corrected chi connectivity index (χ3v) is 6.59. The highest BCUT2D eigenvalue weighted by atomic mass is 127. The van der Waals surface area contributed by atoms with Gasteiger partial charge in [0, 0.05) is 31.8 Å². The van der Waals surface area contributed by atoms with E-state index in [1.807, 2.05) is 0 Å². The Balaban J connectivity index is 0.00000289. The second kappa shape index (κ2) is 13.6. The third kappa shape index (κ3) is 7.48. The zero-order chi connectivity index (χ0) is 21.3. The molecule has 1 atom stereocenters. The lowest BCUT2D eigenvalue weighted by Gasteiger charge is -2.35. The van der Waals surface area contributed by atoms with Gasteiger partial charge in [0.1, 0.15) is 5.75 Å². The van der Waals surface area contributed by atoms with Gasteiger partial charge in [-0.3, -0.25) is 0 Å². The molecule has 0 amide bonds. The van der Waals surface area contributed by atoms with Crippen molar-refractivity contribution in [2.45, 2.75) is 83.1 Å². The van der Waals surface area contributed by atoms with Gasteiger partial charge in [-0.15, -0.1) is 24.0 Å². The summed E-state index contributed by atoms with van der Waals surface area (Å²) >= 11 is 0. The lowest BCUT2D eigenvalue weighted by atomic mass is 9.96. The highest BCUT2D eigenvalue weighted by Gasteiger charge is 2.24. The van der Waals surface area contributed by atoms with Crippen molar-refractivity contribution in [2.75, 3.05) is 32.8 Å². The molecule has 7 heteroatoms. The fourth-order valence-electron chi connectivity index (χ4n) is 4.42. The summed E-state index contributed by atoms with van der Waals surface area (Å²) in [4.78, 5) is 7.33. The first-order chi connectivity index (χ1) is 15.3. The molecule has 1 unspecified atom stereocenters. The Bertz CT molecular complexity index is 699. The largest absolute Gasteiger partial charge is 0.490 e. The van der Waals surface area contributed by atoms with Crippen LogP contribution in [-0.2, 0) is 16.0 Å². The zero-order valence-corrected chi connectivity index (χ0v) is 21.8. The molecule has 6 nitrogen and oxygen atoms in total. The molecule has 0 spiro atoms. The molecule has 2 aliphatic heterocycles. The summed E-state index contributed by atoms with van der Waals surface area (Å²) < 4.78 is 18.2. The Kier molecular flexibility index (Phi) is 10.9. The van der Waals surface area contributed by atoms with Crippen molar-refractivity contribution in [3.05, 3.63) is 29.8 Å². The normalized spacial score (nSPS) is 22.7. The molecule has 1 aliphatic carbocycles. The van der Waals surface area contributed by atoms with E-state index < -0.39 is 0 Å². The molecular weight excluding hydrogens is 517 g/mol. The summed E-state index contributed by atoms with van der Waals surface area (Å²) in [5.74, 6) is 1.99. The van der Waals surface area contributed by atoms with Crippen LogP contribution >= 0.6 is 24.0 Å². The second-order valence-corrected chi connectivity index (χ2v) is 8.96. The molecule has 2 heterocycles. The summed E-state index contributed by atoms with van der Waals surface area (Å²) in [5.41, 5.74) is 1.16. The summed E-state index contributed by atoms with van der Waals surface area (Å²) in [6, 6.07) is 8.34. The van der Waals surface area contributed by atoms with E-state index in [0.717, 1.165) is 69.4 Å². The second-order valence-electron chi connectivity index (χ2n) is 8.96. The number of hydrogen-bond acceptors (Lipinski definition) is 4. The Morgan fingerprint density at radius 1 is 1.06 bits per heavy atom. The number of benzene rings is 1. The van der Waals surface area contributed by atoms with E-state index in [2.05, 4.69) is 41.4 Å². The van der Waals surface area contributed by atoms with Gasteiger partial charge in [0.25, 0.3) is 0 Å². The molecule has 0 radical (unpaired) electrons. The van der Waals surface area contributed by atoms with Crippen LogP contribution in [0.2, 0.25) is 0 Å². The molecule has 3 fully saturated rings. The Morgan fingerprint density at radius 2 is 1.88 bits per heavy atom. The quantitative estimate of drug-likeness (QED) is 0.284. The van der Waals surface area contributed by atoms with E-state index in [1.54, 1.807) is 0 Å². The number of halogens is 1. The molecule has 180 valence electrons. The molecule has 0 aromatic heterocycles. The average molecular weight is 558 g/mol. The number of rotatable bonds is 8. The number of piperidine rings is 1. The standard InChI is InChI=1S/C25H39N3O3.HI/c1-2-26-25(27-18-20-8-3-4-12-24(20)31-22-10-7-11-22)28-15-13-21(14-16-28)30-19-23-9-5-6-17-29-23;/h3-4,8,12,21-23H,2,5-7,9-11,13-19H2,1H3,(H,26,27);1H. The predicted molar refractivity (Wildman–Crippen MR) is 139 cm³/mol. The Morgan fingerprint density at radius 3 is 2.56 bits per heavy atom. The molecule has 1 aromatic rings. The number of hydrogen-bond donors (Lipinski definition) is 1. The van der Waals surface area contributed by atoms with Crippen LogP contribution in [0.1, 0.15) is 63.9 Å². The van der Waals surface area contributed by atoms with Crippen molar-refractivity contribution in [3.8, 4) is 5.75 Å². The van der Waals surface area contributed by atoms with Crippen molar-refractivity contribution < 1.29 is 14.2 Å². The molecule has 1 N–H and O–H groups in total. The first-order valence-electron chi connectivity index (χ1n) is 12.3. The first kappa shape index (κ1) is 25.6. The molecule has 1 saturated carbocycles. The fraction of sp³-hybridized carbons (Fsp3) is 0.720. The Labute approximate surface area is 210 Å². The third-order valence-electron chi connectivity index (χ3n) is 6.59. The molecule has 1 aromatic carbocycles. The van der Waals surface area contributed by atoms with Crippen LogP contribution in [0.25, 0.3) is 0 Å². The Hall–Kier alpha value is -1.06. The van der Waals surface area contributed by atoms with E-state index in [9.17, 15) is 0 Å². The molecule has 0 bridgehead atoms. The van der Waals surface area contributed by atoms with Gasteiger partial charge < -0.3 is 24.4 Å². The maximum absolute atomic E-state index is 6.18. The average Bonchev–Trinajstić information content (AvgIpc) is 2.79. The van der Waals surface area contributed by atoms with Crippen LogP contribution in [-0.4, -0.2) is 62.0 Å². The molecule has 4 rings (SSSR count). The van der Waals surface area contributed by atoms with E-state index in [-0.39, 0.29) is 24.0 Å². The first-order valence-corrected chi connectivity index (χ1v) is 12.3. The lowest BCUT2D eigenvalue weighted by Crippen LogP contribution is -2.47. The van der Waals surface area contributed by atoms with Crippen LogP contribution in [0.3, 0.4) is 0 Å². The summed E-state index contributed by atoms with van der Waals surface area (Å²) in [7, 11) is 0. The maximum Gasteiger partial charge on any atom is 0.194 e. The van der Waals surface area contributed by atoms with Crippen LogP contribution < -0.4 is 10.1 Å². The zero-order valence-electron chi connectivity index (χ0n) is 19.5. The van der Waals surface area contributed by atoms with Gasteiger partial charge in [0.15, 0.2) is 5.96 Å². The van der Waals surface area contributed by atoms with E-state index in [4.69, 9.17) is 19.2 Å². The maximum atomic E-state index is 6.18. The number of likely N-dealkylation sites (tertiary alicyclic amines) is 1. The SMILES string of the molecule is CCNC(=NCc1ccccc1OC1CCC1)N1CCC(OCC2CCCCO2)CC1.I. The van der Waals surface area contributed by atoms with Crippen molar-refractivity contribution in [2.24, 2.45) is 4.99 Å². The van der Waals surface area contributed by atoms with Gasteiger partial charge in [-0.1, -0.05) is 18.2 Å². The molecule has 2 saturated heterocycles. The minimum absolute atomic E-state index is 0. The van der Waals surface area contributed by atoms with Gasteiger partial charge in [-0.2, -0.15) is 0 Å². The summed E-state index contributed by atoms with van der Waals surface area (Å²) in [6.07, 6.45) is 10.3. The topological polar surface area (TPSA) is 55.3 Å². The number of guanidine groups is 1. The minimum atomic E-state index is 0. The number of nitrogens with one attached hydrogen (secondary N) is 1. The monoisotopic (exact) mass is 557 g/mol. The number of aliphatic imine (C=N–C) groups is 1. The van der Waals surface area contributed by atoms with E-state index in [0.29, 0.717) is 24.9 Å². The number of para-hydroxylation sites is 1. The van der Waals surface area contributed by atoms with Crippen LogP contribution in [0.15, 0.2) is 29.3 Å². The van der Waals surface area contributed by atoms with Gasteiger partial charge in [0.05, 0.1) is 31.5 Å². The van der Waals surface area contributed by atoms with Gasteiger partial charge in [-0.05, 0) is 64.4 Å². The number of ether oxygens (including phenoxy) is 3. The van der Waals surface area contributed by atoms with Crippen LogP contribution in [0.5, 0.6) is 5.75 Å². The van der Waals surface area contributed by atoms with Crippen molar-refractivity contribution in [3.63, 3.8) is 0 Å². The van der Waals surface area contributed by atoms with Crippen molar-refractivity contribution in [1.29, 1.82) is 0 Å². The predicted octanol–water partition coefficient (Wildman–Crippen LogP) is 4.75. The van der Waals surface area contributed by atoms with Crippen molar-refractivity contribution >= 4 is 29.9 Å². The van der Waals surface area contributed by atoms with Crippen LogP contribution in [0, 0.1) is 0 Å². The van der Waals surface area contributed by atoms with E-state index in [1.165, 1.54) is 32.1 Å². The smallest absolute Gasteiger partial charge is 0.194 e. The lowest BCUT2D eigenvalue weighted by molar-refractivity contribution is -0.0721. The number of nitrogens with zero attached hydrogens (tertiary/aromatic N) is 2. The fourth-order valence-corrected chi connectivity index (χ4v) is 4.42. The van der Waals surface area contributed by atoms with Gasteiger partial charge >= 0.3 is 0 Å². The highest BCUT2D eigenvalue weighted by molar-refractivity contribution is 14.0. The highest BCUT2D eigenvalue weighted by Crippen LogP contribution is 2.28. The van der Waals surface area contributed by atoms with Crippen molar-refractivity contribution in [1.82, 2.24) is 10.2 Å². The summed E-state index contributed by atoms with van der Waals surface area (Å²) in [5, 5.41) is 3.48. The van der Waals surface area contributed by atoms with Gasteiger partial charge in [0.2, 0.25) is 0 Å². The van der Waals surface area contributed by atoms with Gasteiger partial charge in [-0.25, -0.2) is 4.99 Å².